The molecule has 0 aromatic heterocycles. The number of halogens is 1. The second kappa shape index (κ2) is 13.3. The van der Waals surface area contributed by atoms with Gasteiger partial charge in [-0.2, -0.15) is 0 Å². The second-order valence-electron chi connectivity index (χ2n) is 8.61. The molecule has 7 heteroatoms. The van der Waals surface area contributed by atoms with E-state index in [0.29, 0.717) is 22.9 Å². The quantitative estimate of drug-likeness (QED) is 0.266. The lowest BCUT2D eigenvalue weighted by atomic mass is 10.0. The number of nitrogens with one attached hydrogen (secondary N) is 1. The van der Waals surface area contributed by atoms with E-state index >= 15 is 0 Å². The van der Waals surface area contributed by atoms with Gasteiger partial charge in [-0.1, -0.05) is 96.5 Å². The third kappa shape index (κ3) is 7.14. The van der Waals surface area contributed by atoms with Gasteiger partial charge in [0.15, 0.2) is 6.61 Å². The van der Waals surface area contributed by atoms with Gasteiger partial charge in [0.2, 0.25) is 5.91 Å². The van der Waals surface area contributed by atoms with Crippen LogP contribution in [0.5, 0.6) is 11.5 Å². The molecule has 0 saturated heterocycles. The summed E-state index contributed by atoms with van der Waals surface area (Å²) in [6.45, 7) is 0.252. The number of rotatable bonds is 11. The van der Waals surface area contributed by atoms with Crippen molar-refractivity contribution in [2.45, 2.75) is 19.1 Å². The summed E-state index contributed by atoms with van der Waals surface area (Å²) in [6.07, 6.45) is 0. The highest BCUT2D eigenvalue weighted by Crippen LogP contribution is 2.26. The predicted octanol–water partition coefficient (Wildman–Crippen LogP) is 5.81. The van der Waals surface area contributed by atoms with Crippen LogP contribution < -0.4 is 14.8 Å². The Bertz CT molecular complexity index is 1330. The number of hydrogen-bond donors (Lipinski definition) is 1. The van der Waals surface area contributed by atoms with Crippen molar-refractivity contribution < 1.29 is 19.1 Å². The summed E-state index contributed by atoms with van der Waals surface area (Å²) in [5.74, 6) is 0.499. The molecule has 0 fully saturated rings. The van der Waals surface area contributed by atoms with Gasteiger partial charge in [-0.05, 0) is 41.0 Å². The van der Waals surface area contributed by atoms with Crippen molar-refractivity contribution in [2.24, 2.45) is 0 Å². The standard InChI is InChI=1S/C31H29ClN2O4/c1-37-26-18-16-23(17-19-26)20-33-31(36)30(25-12-6-3-7-13-25)34(21-24-10-4-2-5-11-24)29(35)22-38-28-15-9-8-14-27(28)32/h2-19,30H,20-22H2,1H3,(H,33,36)/t30-/m1/s1. The smallest absolute Gasteiger partial charge is 0.261 e. The molecule has 0 radical (unpaired) electrons. The van der Waals surface area contributed by atoms with Crippen LogP contribution in [0.1, 0.15) is 22.7 Å². The first-order valence-corrected chi connectivity index (χ1v) is 12.6. The van der Waals surface area contributed by atoms with Crippen LogP contribution in [-0.4, -0.2) is 30.4 Å². The zero-order chi connectivity index (χ0) is 26.7. The van der Waals surface area contributed by atoms with Gasteiger partial charge in [-0.3, -0.25) is 9.59 Å². The van der Waals surface area contributed by atoms with E-state index in [-0.39, 0.29) is 25.0 Å². The highest BCUT2D eigenvalue weighted by atomic mass is 35.5. The van der Waals surface area contributed by atoms with Gasteiger partial charge < -0.3 is 19.7 Å². The van der Waals surface area contributed by atoms with E-state index in [1.54, 1.807) is 36.3 Å². The largest absolute Gasteiger partial charge is 0.497 e. The Balaban J connectivity index is 1.61. The molecule has 0 unspecified atom stereocenters. The van der Waals surface area contributed by atoms with Crippen LogP contribution in [0.25, 0.3) is 0 Å². The minimum absolute atomic E-state index is 0.223. The van der Waals surface area contributed by atoms with Crippen molar-refractivity contribution in [1.82, 2.24) is 10.2 Å². The van der Waals surface area contributed by atoms with Crippen molar-refractivity contribution >= 4 is 23.4 Å². The number of carbonyl (C=O) groups is 2. The summed E-state index contributed by atoms with van der Waals surface area (Å²) >= 11 is 6.22. The molecule has 1 N–H and O–H groups in total. The molecule has 4 aromatic rings. The summed E-state index contributed by atoms with van der Waals surface area (Å²) in [6, 6.07) is 32.4. The van der Waals surface area contributed by atoms with Gasteiger partial charge in [0.1, 0.15) is 17.5 Å². The Morgan fingerprint density at radius 2 is 1.45 bits per heavy atom. The molecule has 194 valence electrons. The third-order valence-electron chi connectivity index (χ3n) is 6.01. The fourth-order valence-electron chi connectivity index (χ4n) is 4.03. The Labute approximate surface area is 227 Å². The second-order valence-corrected chi connectivity index (χ2v) is 9.01. The lowest BCUT2D eigenvalue weighted by Gasteiger charge is -2.31. The Morgan fingerprint density at radius 1 is 0.816 bits per heavy atom. The first kappa shape index (κ1) is 26.8. The maximum atomic E-state index is 13.7. The summed E-state index contributed by atoms with van der Waals surface area (Å²) in [4.78, 5) is 28.9. The number of carbonyl (C=O) groups excluding carboxylic acids is 2. The molecule has 38 heavy (non-hydrogen) atoms. The molecule has 6 nitrogen and oxygen atoms in total. The van der Waals surface area contributed by atoms with E-state index < -0.39 is 6.04 Å². The van der Waals surface area contributed by atoms with Crippen LogP contribution in [0.3, 0.4) is 0 Å². The van der Waals surface area contributed by atoms with Crippen LogP contribution in [0.15, 0.2) is 109 Å². The first-order chi connectivity index (χ1) is 18.5. The molecule has 4 rings (SSSR count). The van der Waals surface area contributed by atoms with Gasteiger partial charge in [0.25, 0.3) is 5.91 Å². The average molecular weight is 529 g/mol. The molecule has 0 aliphatic carbocycles. The first-order valence-electron chi connectivity index (χ1n) is 12.2. The van der Waals surface area contributed by atoms with Gasteiger partial charge in [-0.15, -0.1) is 0 Å². The highest BCUT2D eigenvalue weighted by molar-refractivity contribution is 6.32. The summed E-state index contributed by atoms with van der Waals surface area (Å²) < 4.78 is 11.0. The van der Waals surface area contributed by atoms with Crippen LogP contribution in [-0.2, 0) is 22.7 Å². The minimum Gasteiger partial charge on any atom is -0.497 e. The minimum atomic E-state index is -0.878. The van der Waals surface area contributed by atoms with Crippen LogP contribution in [0.2, 0.25) is 5.02 Å². The van der Waals surface area contributed by atoms with Crippen LogP contribution in [0.4, 0.5) is 0 Å². The highest BCUT2D eigenvalue weighted by Gasteiger charge is 2.31. The molecule has 0 aliphatic heterocycles. The molecule has 0 aliphatic rings. The van der Waals surface area contributed by atoms with Crippen molar-refractivity contribution in [1.29, 1.82) is 0 Å². The normalized spacial score (nSPS) is 11.3. The lowest BCUT2D eigenvalue weighted by molar-refractivity contribution is -0.143. The molecule has 0 heterocycles. The fraction of sp³-hybridized carbons (Fsp3) is 0.161. The van der Waals surface area contributed by atoms with Gasteiger partial charge in [0, 0.05) is 13.1 Å². The SMILES string of the molecule is COc1ccc(CNC(=O)[C@@H](c2ccccc2)N(Cc2ccccc2)C(=O)COc2ccccc2Cl)cc1. The van der Waals surface area contributed by atoms with E-state index in [1.807, 2.05) is 84.9 Å². The number of para-hydroxylation sites is 1. The van der Waals surface area contributed by atoms with E-state index in [1.165, 1.54) is 0 Å². The number of hydrogen-bond acceptors (Lipinski definition) is 4. The molecular weight excluding hydrogens is 500 g/mol. The van der Waals surface area contributed by atoms with E-state index in [0.717, 1.165) is 16.9 Å². The van der Waals surface area contributed by atoms with Gasteiger partial charge >= 0.3 is 0 Å². The van der Waals surface area contributed by atoms with Gasteiger partial charge in [-0.25, -0.2) is 0 Å². The lowest BCUT2D eigenvalue weighted by Crippen LogP contribution is -2.45. The molecule has 0 bridgehead atoms. The Hall–Kier alpha value is -4.29. The zero-order valence-corrected chi connectivity index (χ0v) is 21.8. The monoisotopic (exact) mass is 528 g/mol. The van der Waals surface area contributed by atoms with Crippen molar-refractivity contribution in [3.8, 4) is 11.5 Å². The maximum Gasteiger partial charge on any atom is 0.261 e. The van der Waals surface area contributed by atoms with Crippen molar-refractivity contribution in [3.05, 3.63) is 131 Å². The zero-order valence-electron chi connectivity index (χ0n) is 21.0. The number of benzene rings is 4. The van der Waals surface area contributed by atoms with E-state index in [9.17, 15) is 9.59 Å². The topological polar surface area (TPSA) is 67.9 Å². The number of amides is 2. The fourth-order valence-corrected chi connectivity index (χ4v) is 4.22. The Morgan fingerprint density at radius 3 is 2.11 bits per heavy atom. The number of methoxy groups -OCH3 is 1. The van der Waals surface area contributed by atoms with Crippen molar-refractivity contribution in [3.63, 3.8) is 0 Å². The molecule has 0 spiro atoms. The molecule has 1 atom stereocenters. The molecule has 2 amide bonds. The van der Waals surface area contributed by atoms with E-state index in [4.69, 9.17) is 21.1 Å². The van der Waals surface area contributed by atoms with Crippen LogP contribution >= 0.6 is 11.6 Å². The molecule has 4 aromatic carbocycles. The number of ether oxygens (including phenoxy) is 2. The molecule has 0 saturated carbocycles. The molecular formula is C31H29ClN2O4. The van der Waals surface area contributed by atoms with Crippen molar-refractivity contribution in [2.75, 3.05) is 13.7 Å². The van der Waals surface area contributed by atoms with Gasteiger partial charge in [0.05, 0.1) is 12.1 Å². The Kier molecular flexibility index (Phi) is 9.37. The van der Waals surface area contributed by atoms with Crippen LogP contribution in [0, 0.1) is 0 Å². The summed E-state index contributed by atoms with van der Waals surface area (Å²) in [5, 5.41) is 3.41. The number of nitrogens with zero attached hydrogens (tertiary/aromatic N) is 1. The third-order valence-corrected chi connectivity index (χ3v) is 6.32. The van der Waals surface area contributed by atoms with E-state index in [2.05, 4.69) is 5.32 Å². The average Bonchev–Trinajstić information content (AvgIpc) is 2.96. The summed E-state index contributed by atoms with van der Waals surface area (Å²) in [7, 11) is 1.61. The predicted molar refractivity (Wildman–Crippen MR) is 148 cm³/mol. The maximum absolute atomic E-state index is 13.7. The summed E-state index contributed by atoms with van der Waals surface area (Å²) in [5.41, 5.74) is 2.50.